The first-order valence-corrected chi connectivity index (χ1v) is 7.08. The van der Waals surface area contributed by atoms with Crippen molar-refractivity contribution in [2.75, 3.05) is 0 Å². The molecule has 3 nitrogen and oxygen atoms in total. The molecular weight excluding hydrogens is 228 g/mol. The SMILES string of the molecule is CCC(=O)[C@@H](C)[C@H]1OC(C)(C)O[C@@H](C(C)C)[C@@H]1C. The van der Waals surface area contributed by atoms with E-state index < -0.39 is 5.79 Å². The fourth-order valence-electron chi connectivity index (χ4n) is 2.89. The van der Waals surface area contributed by atoms with E-state index in [1.165, 1.54) is 0 Å². The van der Waals surface area contributed by atoms with Crippen LogP contribution in [-0.2, 0) is 14.3 Å². The van der Waals surface area contributed by atoms with Gasteiger partial charge >= 0.3 is 0 Å². The number of hydrogen-bond acceptors (Lipinski definition) is 3. The van der Waals surface area contributed by atoms with Crippen molar-refractivity contribution in [1.82, 2.24) is 0 Å². The van der Waals surface area contributed by atoms with Crippen LogP contribution in [0.5, 0.6) is 0 Å². The van der Waals surface area contributed by atoms with E-state index in [0.29, 0.717) is 12.3 Å². The molecule has 1 aliphatic rings. The summed E-state index contributed by atoms with van der Waals surface area (Å²) in [4.78, 5) is 11.9. The summed E-state index contributed by atoms with van der Waals surface area (Å²) in [6.07, 6.45) is 0.668. The number of ketones is 1. The van der Waals surface area contributed by atoms with Crippen LogP contribution in [0.15, 0.2) is 0 Å². The molecule has 0 amide bonds. The van der Waals surface area contributed by atoms with Gasteiger partial charge in [0.05, 0.1) is 12.2 Å². The van der Waals surface area contributed by atoms with E-state index in [4.69, 9.17) is 9.47 Å². The van der Waals surface area contributed by atoms with Crippen LogP contribution < -0.4 is 0 Å². The van der Waals surface area contributed by atoms with Crippen molar-refractivity contribution in [1.29, 1.82) is 0 Å². The summed E-state index contributed by atoms with van der Waals surface area (Å²) in [7, 11) is 0. The fraction of sp³-hybridized carbons (Fsp3) is 0.933. The molecule has 0 saturated carbocycles. The van der Waals surface area contributed by atoms with Gasteiger partial charge in [0, 0.05) is 18.3 Å². The van der Waals surface area contributed by atoms with Gasteiger partial charge in [-0.3, -0.25) is 4.79 Å². The summed E-state index contributed by atoms with van der Waals surface area (Å²) >= 11 is 0. The number of rotatable bonds is 4. The predicted molar refractivity (Wildman–Crippen MR) is 72.3 cm³/mol. The van der Waals surface area contributed by atoms with Gasteiger partial charge in [-0.25, -0.2) is 0 Å². The van der Waals surface area contributed by atoms with Crippen LogP contribution >= 0.6 is 0 Å². The van der Waals surface area contributed by atoms with Gasteiger partial charge in [0.25, 0.3) is 0 Å². The molecule has 0 N–H and O–H groups in total. The molecule has 0 aromatic rings. The molecule has 3 heteroatoms. The molecule has 1 rings (SSSR count). The summed E-state index contributed by atoms with van der Waals surface area (Å²) in [5, 5.41) is 0. The first-order chi connectivity index (χ1) is 8.19. The van der Waals surface area contributed by atoms with E-state index >= 15 is 0 Å². The molecule has 0 radical (unpaired) electrons. The molecule has 0 spiro atoms. The fourth-order valence-corrected chi connectivity index (χ4v) is 2.89. The second-order valence-corrected chi connectivity index (χ2v) is 6.28. The minimum Gasteiger partial charge on any atom is -0.347 e. The van der Waals surface area contributed by atoms with Crippen molar-refractivity contribution >= 4 is 5.78 Å². The second-order valence-electron chi connectivity index (χ2n) is 6.28. The molecule has 1 saturated heterocycles. The minimum atomic E-state index is -0.603. The van der Waals surface area contributed by atoms with Crippen LogP contribution in [0.3, 0.4) is 0 Å². The summed E-state index contributed by atoms with van der Waals surface area (Å²) in [5.74, 6) is 0.272. The highest BCUT2D eigenvalue weighted by atomic mass is 16.7. The largest absolute Gasteiger partial charge is 0.347 e. The third kappa shape index (κ3) is 3.33. The zero-order valence-corrected chi connectivity index (χ0v) is 12.8. The van der Waals surface area contributed by atoms with Gasteiger partial charge in [-0.2, -0.15) is 0 Å². The van der Waals surface area contributed by atoms with Gasteiger partial charge in [-0.1, -0.05) is 34.6 Å². The summed E-state index contributed by atoms with van der Waals surface area (Å²) in [5.41, 5.74) is 0. The van der Waals surface area contributed by atoms with Crippen LogP contribution in [0.1, 0.15) is 54.9 Å². The molecule has 0 unspecified atom stereocenters. The molecule has 0 aromatic heterocycles. The molecule has 0 bridgehead atoms. The predicted octanol–water partition coefficient (Wildman–Crippen LogP) is 3.41. The highest BCUT2D eigenvalue weighted by Crippen LogP contribution is 2.37. The Labute approximate surface area is 111 Å². The highest BCUT2D eigenvalue weighted by Gasteiger charge is 2.45. The molecule has 18 heavy (non-hydrogen) atoms. The minimum absolute atomic E-state index is 0.0476. The van der Waals surface area contributed by atoms with Crippen LogP contribution in [0, 0.1) is 17.8 Å². The molecule has 1 fully saturated rings. The lowest BCUT2D eigenvalue weighted by Crippen LogP contribution is -2.54. The quantitative estimate of drug-likeness (QED) is 0.773. The Kier molecular flexibility index (Phi) is 4.96. The lowest BCUT2D eigenvalue weighted by atomic mass is 9.81. The second kappa shape index (κ2) is 5.70. The van der Waals surface area contributed by atoms with Crippen molar-refractivity contribution < 1.29 is 14.3 Å². The van der Waals surface area contributed by atoms with Crippen molar-refractivity contribution in [2.24, 2.45) is 17.8 Å². The van der Waals surface area contributed by atoms with Gasteiger partial charge in [-0.05, 0) is 19.8 Å². The third-order valence-corrected chi connectivity index (χ3v) is 3.88. The Morgan fingerprint density at radius 2 is 1.67 bits per heavy atom. The Hall–Kier alpha value is -0.410. The standard InChI is InChI=1S/C15H28O3/c1-8-12(16)10(4)14-11(5)13(9(2)3)17-15(6,7)18-14/h9-11,13-14H,8H2,1-7H3/t10-,11+,13+,14-/m1/s1. The van der Waals surface area contributed by atoms with Crippen molar-refractivity contribution in [3.63, 3.8) is 0 Å². The number of ether oxygens (including phenoxy) is 2. The maximum Gasteiger partial charge on any atom is 0.163 e. The van der Waals surface area contributed by atoms with Crippen LogP contribution in [0.2, 0.25) is 0 Å². The molecule has 106 valence electrons. The topological polar surface area (TPSA) is 35.5 Å². The van der Waals surface area contributed by atoms with Gasteiger partial charge in [-0.15, -0.1) is 0 Å². The first-order valence-electron chi connectivity index (χ1n) is 7.08. The maximum absolute atomic E-state index is 11.9. The maximum atomic E-state index is 11.9. The zero-order valence-electron chi connectivity index (χ0n) is 12.8. The zero-order chi connectivity index (χ0) is 14.1. The molecule has 4 atom stereocenters. The summed E-state index contributed by atoms with van der Waals surface area (Å²) in [6, 6.07) is 0. The van der Waals surface area contributed by atoms with E-state index in [-0.39, 0.29) is 29.8 Å². The monoisotopic (exact) mass is 256 g/mol. The average molecular weight is 256 g/mol. The van der Waals surface area contributed by atoms with Gasteiger partial charge in [0.15, 0.2) is 5.79 Å². The lowest BCUT2D eigenvalue weighted by molar-refractivity contribution is -0.331. The van der Waals surface area contributed by atoms with Crippen LogP contribution in [-0.4, -0.2) is 23.8 Å². The molecule has 0 aromatic carbocycles. The van der Waals surface area contributed by atoms with E-state index in [1.807, 2.05) is 27.7 Å². The van der Waals surface area contributed by atoms with E-state index in [0.717, 1.165) is 0 Å². The van der Waals surface area contributed by atoms with E-state index in [1.54, 1.807) is 0 Å². The molecule has 1 heterocycles. The van der Waals surface area contributed by atoms with Crippen LogP contribution in [0.4, 0.5) is 0 Å². The van der Waals surface area contributed by atoms with Gasteiger partial charge in [0.1, 0.15) is 5.78 Å². The Morgan fingerprint density at radius 1 is 1.17 bits per heavy atom. The van der Waals surface area contributed by atoms with Crippen LogP contribution in [0.25, 0.3) is 0 Å². The Balaban J connectivity index is 2.92. The molecule has 0 aliphatic carbocycles. The smallest absolute Gasteiger partial charge is 0.163 e. The Morgan fingerprint density at radius 3 is 2.11 bits per heavy atom. The Bertz CT molecular complexity index is 296. The highest BCUT2D eigenvalue weighted by molar-refractivity contribution is 5.80. The van der Waals surface area contributed by atoms with Crippen molar-refractivity contribution in [2.45, 2.75) is 72.9 Å². The van der Waals surface area contributed by atoms with Gasteiger partial charge < -0.3 is 9.47 Å². The number of carbonyl (C=O) groups excluding carboxylic acids is 1. The normalized spacial score (nSPS) is 33.4. The number of hydrogen-bond donors (Lipinski definition) is 0. The molecular formula is C15H28O3. The number of carbonyl (C=O) groups is 1. The third-order valence-electron chi connectivity index (χ3n) is 3.88. The lowest BCUT2D eigenvalue weighted by Gasteiger charge is -2.48. The first kappa shape index (κ1) is 15.6. The average Bonchev–Trinajstić information content (AvgIpc) is 2.29. The summed E-state index contributed by atoms with van der Waals surface area (Å²) < 4.78 is 12.0. The van der Waals surface area contributed by atoms with Crippen molar-refractivity contribution in [3.8, 4) is 0 Å². The van der Waals surface area contributed by atoms with Crippen molar-refractivity contribution in [3.05, 3.63) is 0 Å². The summed E-state index contributed by atoms with van der Waals surface area (Å²) in [6.45, 7) is 14.2. The van der Waals surface area contributed by atoms with E-state index in [9.17, 15) is 4.79 Å². The molecule has 1 aliphatic heterocycles. The van der Waals surface area contributed by atoms with Gasteiger partial charge in [0.2, 0.25) is 0 Å². The van der Waals surface area contributed by atoms with E-state index in [2.05, 4.69) is 20.8 Å². The number of Topliss-reactive ketones (excluding diaryl/α,β-unsaturated/α-hetero) is 1.